The Balaban J connectivity index is 2.63. The summed E-state index contributed by atoms with van der Waals surface area (Å²) in [5.74, 6) is 1.92. The first-order chi connectivity index (χ1) is 9.85. The highest BCUT2D eigenvalue weighted by Gasteiger charge is 2.19. The molecule has 0 saturated heterocycles. The van der Waals surface area contributed by atoms with Gasteiger partial charge >= 0.3 is 0 Å². The molecule has 5 heteroatoms. The van der Waals surface area contributed by atoms with E-state index in [1.54, 1.807) is 20.3 Å². The molecule has 0 spiro atoms. The van der Waals surface area contributed by atoms with Crippen LogP contribution in [0.2, 0.25) is 5.15 Å². The fourth-order valence-corrected chi connectivity index (χ4v) is 2.09. The zero-order chi connectivity index (χ0) is 15.6. The number of nitrogens with zero attached hydrogens (tertiary/aromatic N) is 2. The third kappa shape index (κ3) is 3.45. The average molecular weight is 307 g/mol. The van der Waals surface area contributed by atoms with E-state index in [1.165, 1.54) is 0 Å². The summed E-state index contributed by atoms with van der Waals surface area (Å²) < 4.78 is 10.6. The van der Waals surface area contributed by atoms with Crippen molar-refractivity contribution in [3.63, 3.8) is 0 Å². The van der Waals surface area contributed by atoms with E-state index in [9.17, 15) is 0 Å². The van der Waals surface area contributed by atoms with E-state index < -0.39 is 0 Å². The summed E-state index contributed by atoms with van der Waals surface area (Å²) in [5, 5.41) is 0.412. The molecule has 1 heterocycles. The molecule has 0 fully saturated rings. The lowest BCUT2D eigenvalue weighted by Crippen LogP contribution is -2.14. The maximum absolute atomic E-state index is 6.15. The van der Waals surface area contributed by atoms with Crippen molar-refractivity contribution < 1.29 is 9.47 Å². The van der Waals surface area contributed by atoms with E-state index in [1.807, 2.05) is 18.2 Å². The van der Waals surface area contributed by atoms with Gasteiger partial charge in [0, 0.05) is 5.41 Å². The van der Waals surface area contributed by atoms with Crippen LogP contribution < -0.4 is 9.47 Å². The van der Waals surface area contributed by atoms with Crippen LogP contribution in [0.5, 0.6) is 11.5 Å². The molecule has 0 atom stereocenters. The second-order valence-electron chi connectivity index (χ2n) is 5.72. The van der Waals surface area contributed by atoms with Crippen LogP contribution in [-0.2, 0) is 5.41 Å². The van der Waals surface area contributed by atoms with Gasteiger partial charge in [-0.2, -0.15) is 0 Å². The highest BCUT2D eigenvalue weighted by Crippen LogP contribution is 2.33. The topological polar surface area (TPSA) is 44.2 Å². The van der Waals surface area contributed by atoms with Gasteiger partial charge in [-0.25, -0.2) is 9.97 Å². The van der Waals surface area contributed by atoms with Crippen LogP contribution in [0.25, 0.3) is 11.4 Å². The molecule has 0 aliphatic heterocycles. The minimum absolute atomic E-state index is 0.118. The average Bonchev–Trinajstić information content (AvgIpc) is 2.45. The van der Waals surface area contributed by atoms with Crippen molar-refractivity contribution >= 4 is 11.6 Å². The Hall–Kier alpha value is -1.81. The Kier molecular flexibility index (Phi) is 4.37. The van der Waals surface area contributed by atoms with Gasteiger partial charge in [0.1, 0.15) is 16.7 Å². The molecule has 112 valence electrons. The minimum atomic E-state index is -0.118. The van der Waals surface area contributed by atoms with Gasteiger partial charge in [-0.1, -0.05) is 32.4 Å². The van der Waals surface area contributed by atoms with E-state index in [-0.39, 0.29) is 5.41 Å². The quantitative estimate of drug-likeness (QED) is 0.800. The molecular formula is C16H19ClN2O2. The van der Waals surface area contributed by atoms with Crippen molar-refractivity contribution in [2.45, 2.75) is 26.2 Å². The van der Waals surface area contributed by atoms with Crippen LogP contribution in [-0.4, -0.2) is 24.2 Å². The Morgan fingerprint density at radius 1 is 1.00 bits per heavy atom. The zero-order valence-electron chi connectivity index (χ0n) is 12.9. The maximum Gasteiger partial charge on any atom is 0.165 e. The summed E-state index contributed by atoms with van der Waals surface area (Å²) in [6.07, 6.45) is 0. The van der Waals surface area contributed by atoms with Crippen LogP contribution in [0, 0.1) is 0 Å². The minimum Gasteiger partial charge on any atom is -0.497 e. The first kappa shape index (κ1) is 15.6. The Labute approximate surface area is 130 Å². The molecule has 0 N–H and O–H groups in total. The molecule has 2 rings (SSSR count). The van der Waals surface area contributed by atoms with Gasteiger partial charge in [0.15, 0.2) is 5.82 Å². The zero-order valence-corrected chi connectivity index (χ0v) is 13.7. The van der Waals surface area contributed by atoms with Crippen LogP contribution in [0.1, 0.15) is 26.5 Å². The van der Waals surface area contributed by atoms with E-state index in [0.29, 0.717) is 22.5 Å². The normalized spacial score (nSPS) is 11.3. The summed E-state index contributed by atoms with van der Waals surface area (Å²) in [5.41, 5.74) is 1.51. The van der Waals surface area contributed by atoms with Crippen molar-refractivity contribution in [1.82, 2.24) is 9.97 Å². The lowest BCUT2D eigenvalue weighted by Gasteiger charge is -2.19. The predicted octanol–water partition coefficient (Wildman–Crippen LogP) is 4.11. The molecular weight excluding hydrogens is 288 g/mol. The summed E-state index contributed by atoms with van der Waals surface area (Å²) >= 11 is 6.15. The van der Waals surface area contributed by atoms with Crippen molar-refractivity contribution in [2.75, 3.05) is 14.2 Å². The summed E-state index contributed by atoms with van der Waals surface area (Å²) in [6, 6.07) is 7.29. The molecule has 1 aromatic carbocycles. The van der Waals surface area contributed by atoms with Crippen LogP contribution in [0.3, 0.4) is 0 Å². The van der Waals surface area contributed by atoms with E-state index >= 15 is 0 Å². The van der Waals surface area contributed by atoms with Crippen LogP contribution in [0.4, 0.5) is 0 Å². The Morgan fingerprint density at radius 3 is 2.29 bits per heavy atom. The monoisotopic (exact) mass is 306 g/mol. The molecule has 4 nitrogen and oxygen atoms in total. The van der Waals surface area contributed by atoms with Crippen molar-refractivity contribution in [1.29, 1.82) is 0 Å². The van der Waals surface area contributed by atoms with Gasteiger partial charge in [0.05, 0.1) is 25.5 Å². The van der Waals surface area contributed by atoms with Crippen LogP contribution in [0.15, 0.2) is 24.3 Å². The first-order valence-electron chi connectivity index (χ1n) is 6.62. The summed E-state index contributed by atoms with van der Waals surface area (Å²) in [4.78, 5) is 8.95. The summed E-state index contributed by atoms with van der Waals surface area (Å²) in [7, 11) is 3.23. The van der Waals surface area contributed by atoms with Gasteiger partial charge in [-0.15, -0.1) is 0 Å². The van der Waals surface area contributed by atoms with Gasteiger partial charge in [-0.3, -0.25) is 0 Å². The predicted molar refractivity (Wildman–Crippen MR) is 84.3 cm³/mol. The molecule has 0 aliphatic carbocycles. The molecule has 2 aromatic rings. The fraction of sp³-hybridized carbons (Fsp3) is 0.375. The molecule has 0 saturated carbocycles. The van der Waals surface area contributed by atoms with Gasteiger partial charge < -0.3 is 9.47 Å². The number of hydrogen-bond acceptors (Lipinski definition) is 4. The molecule has 0 bridgehead atoms. The Bertz CT molecular complexity index is 651. The molecule has 0 unspecified atom stereocenters. The number of aromatic nitrogens is 2. The van der Waals surface area contributed by atoms with E-state index in [0.717, 1.165) is 11.3 Å². The lowest BCUT2D eigenvalue weighted by molar-refractivity contribution is 0.404. The number of rotatable bonds is 3. The number of benzene rings is 1. The first-order valence-corrected chi connectivity index (χ1v) is 7.00. The van der Waals surface area contributed by atoms with Crippen molar-refractivity contribution in [2.24, 2.45) is 0 Å². The second kappa shape index (κ2) is 5.90. The van der Waals surface area contributed by atoms with Crippen molar-refractivity contribution in [3.05, 3.63) is 35.1 Å². The smallest absolute Gasteiger partial charge is 0.165 e. The molecule has 0 amide bonds. The number of ether oxygens (including phenoxy) is 2. The molecule has 0 aliphatic rings. The SMILES string of the molecule is COc1ccc(OC)c(-c2nc(Cl)cc(C(C)(C)C)n2)c1. The largest absolute Gasteiger partial charge is 0.497 e. The standard InChI is InChI=1S/C16H19ClN2O2/c1-16(2,3)13-9-14(17)19-15(18-13)11-8-10(20-4)6-7-12(11)21-5/h6-9H,1-5H3. The highest BCUT2D eigenvalue weighted by atomic mass is 35.5. The number of hydrogen-bond donors (Lipinski definition) is 0. The fourth-order valence-electron chi connectivity index (χ4n) is 1.91. The third-order valence-electron chi connectivity index (χ3n) is 3.11. The highest BCUT2D eigenvalue weighted by molar-refractivity contribution is 6.29. The van der Waals surface area contributed by atoms with Gasteiger partial charge in [-0.05, 0) is 24.3 Å². The molecule has 0 radical (unpaired) electrons. The number of halogens is 1. The maximum atomic E-state index is 6.15. The number of methoxy groups -OCH3 is 2. The summed E-state index contributed by atoms with van der Waals surface area (Å²) in [6.45, 7) is 6.24. The van der Waals surface area contributed by atoms with Crippen LogP contribution >= 0.6 is 11.6 Å². The van der Waals surface area contributed by atoms with Crippen molar-refractivity contribution in [3.8, 4) is 22.9 Å². The van der Waals surface area contributed by atoms with E-state index in [4.69, 9.17) is 21.1 Å². The van der Waals surface area contributed by atoms with E-state index in [2.05, 4.69) is 30.7 Å². The lowest BCUT2D eigenvalue weighted by atomic mass is 9.92. The Morgan fingerprint density at radius 2 is 1.71 bits per heavy atom. The molecule has 21 heavy (non-hydrogen) atoms. The molecule has 1 aromatic heterocycles. The third-order valence-corrected chi connectivity index (χ3v) is 3.30. The van der Waals surface area contributed by atoms with Gasteiger partial charge in [0.25, 0.3) is 0 Å². The van der Waals surface area contributed by atoms with Gasteiger partial charge in [0.2, 0.25) is 0 Å². The second-order valence-corrected chi connectivity index (χ2v) is 6.10.